The van der Waals surface area contributed by atoms with Gasteiger partial charge in [0.2, 0.25) is 0 Å². The van der Waals surface area contributed by atoms with E-state index in [1.54, 1.807) is 0 Å². The number of rotatable bonds is 5. The van der Waals surface area contributed by atoms with Gasteiger partial charge < -0.3 is 9.88 Å². The van der Waals surface area contributed by atoms with Crippen LogP contribution in [0.15, 0.2) is 29.9 Å². The minimum Gasteiger partial charge on any atom is -0.337 e. The molecule has 4 heteroatoms. The molecule has 86 valence electrons. The summed E-state index contributed by atoms with van der Waals surface area (Å²) in [4.78, 5) is 5.83. The lowest BCUT2D eigenvalue weighted by atomic mass is 10.1. The number of nitrogens with one attached hydrogen (secondary N) is 1. The fourth-order valence-electron chi connectivity index (χ4n) is 1.86. The molecule has 0 fully saturated rings. The molecular formula is C12H17N3S. The maximum atomic E-state index is 4.39. The van der Waals surface area contributed by atoms with Crippen molar-refractivity contribution in [3.63, 3.8) is 0 Å². The third kappa shape index (κ3) is 2.51. The van der Waals surface area contributed by atoms with Gasteiger partial charge in [-0.1, -0.05) is 6.07 Å². The SMILES string of the molecule is CNC(CCc1cccs1)c1nccn1C. The molecule has 2 aromatic rings. The van der Waals surface area contributed by atoms with Crippen molar-refractivity contribution in [2.45, 2.75) is 18.9 Å². The van der Waals surface area contributed by atoms with Gasteiger partial charge in [0.15, 0.2) is 0 Å². The molecule has 16 heavy (non-hydrogen) atoms. The Bertz CT molecular complexity index is 419. The molecule has 2 rings (SSSR count). The molecule has 1 atom stereocenters. The number of hydrogen-bond acceptors (Lipinski definition) is 3. The third-order valence-corrected chi connectivity index (χ3v) is 3.71. The number of hydrogen-bond donors (Lipinski definition) is 1. The van der Waals surface area contributed by atoms with Crippen LogP contribution in [-0.2, 0) is 13.5 Å². The van der Waals surface area contributed by atoms with E-state index in [0.717, 1.165) is 18.7 Å². The zero-order valence-electron chi connectivity index (χ0n) is 9.68. The number of imidazole rings is 1. The van der Waals surface area contributed by atoms with Crippen LogP contribution >= 0.6 is 11.3 Å². The first-order valence-electron chi connectivity index (χ1n) is 5.48. The second kappa shape index (κ2) is 5.27. The fraction of sp³-hybridized carbons (Fsp3) is 0.417. The number of aromatic nitrogens is 2. The Kier molecular flexibility index (Phi) is 3.74. The molecule has 1 N–H and O–H groups in total. The van der Waals surface area contributed by atoms with Crippen molar-refractivity contribution >= 4 is 11.3 Å². The molecule has 0 aliphatic heterocycles. The van der Waals surface area contributed by atoms with E-state index < -0.39 is 0 Å². The highest BCUT2D eigenvalue weighted by Gasteiger charge is 2.13. The maximum absolute atomic E-state index is 4.39. The van der Waals surface area contributed by atoms with Crippen LogP contribution in [0.2, 0.25) is 0 Å². The van der Waals surface area contributed by atoms with E-state index in [1.165, 1.54) is 4.88 Å². The van der Waals surface area contributed by atoms with Crippen LogP contribution in [0.1, 0.15) is 23.2 Å². The Morgan fingerprint density at radius 2 is 2.44 bits per heavy atom. The van der Waals surface area contributed by atoms with Gasteiger partial charge in [-0.3, -0.25) is 0 Å². The Morgan fingerprint density at radius 1 is 1.56 bits per heavy atom. The average Bonchev–Trinajstić information content (AvgIpc) is 2.92. The van der Waals surface area contributed by atoms with Crippen molar-refractivity contribution in [1.29, 1.82) is 0 Å². The van der Waals surface area contributed by atoms with Crippen molar-refractivity contribution in [2.75, 3.05) is 7.05 Å². The van der Waals surface area contributed by atoms with Gasteiger partial charge >= 0.3 is 0 Å². The highest BCUT2D eigenvalue weighted by molar-refractivity contribution is 7.09. The van der Waals surface area contributed by atoms with E-state index in [0.29, 0.717) is 6.04 Å². The Labute approximate surface area is 100 Å². The number of aryl methyl sites for hydroxylation is 2. The van der Waals surface area contributed by atoms with E-state index in [9.17, 15) is 0 Å². The predicted molar refractivity (Wildman–Crippen MR) is 67.6 cm³/mol. The Morgan fingerprint density at radius 3 is 3.00 bits per heavy atom. The summed E-state index contributed by atoms with van der Waals surface area (Å²) in [6, 6.07) is 4.63. The summed E-state index contributed by atoms with van der Waals surface area (Å²) < 4.78 is 2.08. The summed E-state index contributed by atoms with van der Waals surface area (Å²) >= 11 is 1.82. The minimum absolute atomic E-state index is 0.335. The predicted octanol–water partition coefficient (Wildman–Crippen LogP) is 2.37. The first-order valence-corrected chi connectivity index (χ1v) is 6.36. The second-order valence-corrected chi connectivity index (χ2v) is 4.89. The van der Waals surface area contributed by atoms with Crippen LogP contribution in [0.4, 0.5) is 0 Å². The van der Waals surface area contributed by atoms with Gasteiger partial charge in [0.1, 0.15) is 5.82 Å². The molecule has 0 aromatic carbocycles. The zero-order chi connectivity index (χ0) is 11.4. The highest BCUT2D eigenvalue weighted by Crippen LogP contribution is 2.19. The molecule has 0 aliphatic rings. The van der Waals surface area contributed by atoms with Gasteiger partial charge in [-0.25, -0.2) is 4.98 Å². The summed E-state index contributed by atoms with van der Waals surface area (Å²) in [7, 11) is 4.03. The van der Waals surface area contributed by atoms with E-state index in [-0.39, 0.29) is 0 Å². The molecule has 2 heterocycles. The summed E-state index contributed by atoms with van der Waals surface area (Å²) in [5.41, 5.74) is 0. The lowest BCUT2D eigenvalue weighted by molar-refractivity contribution is 0.506. The fourth-order valence-corrected chi connectivity index (χ4v) is 2.58. The van der Waals surface area contributed by atoms with Crippen molar-refractivity contribution in [1.82, 2.24) is 14.9 Å². The van der Waals surface area contributed by atoms with Crippen molar-refractivity contribution in [3.8, 4) is 0 Å². The molecule has 2 aromatic heterocycles. The quantitative estimate of drug-likeness (QED) is 0.862. The van der Waals surface area contributed by atoms with Gasteiger partial charge in [0.25, 0.3) is 0 Å². The second-order valence-electron chi connectivity index (χ2n) is 3.86. The molecule has 0 aliphatic carbocycles. The molecule has 3 nitrogen and oxygen atoms in total. The number of nitrogens with zero attached hydrogens (tertiary/aromatic N) is 2. The van der Waals surface area contributed by atoms with Crippen molar-refractivity contribution < 1.29 is 0 Å². The standard InChI is InChI=1S/C12H17N3S/c1-13-11(12-14-7-8-15(12)2)6-5-10-4-3-9-16-10/h3-4,7-9,11,13H,5-6H2,1-2H3. The molecule has 0 amide bonds. The topological polar surface area (TPSA) is 29.9 Å². The van der Waals surface area contributed by atoms with Crippen molar-refractivity contribution in [3.05, 3.63) is 40.6 Å². The molecule has 0 bridgehead atoms. The van der Waals surface area contributed by atoms with E-state index in [4.69, 9.17) is 0 Å². The van der Waals surface area contributed by atoms with Gasteiger partial charge in [-0.2, -0.15) is 0 Å². The van der Waals surface area contributed by atoms with Crippen LogP contribution in [-0.4, -0.2) is 16.6 Å². The largest absolute Gasteiger partial charge is 0.337 e. The third-order valence-electron chi connectivity index (χ3n) is 2.78. The van der Waals surface area contributed by atoms with Gasteiger partial charge in [-0.05, 0) is 31.3 Å². The Hall–Kier alpha value is -1.13. The first-order chi connectivity index (χ1) is 7.81. The normalized spacial score (nSPS) is 12.9. The molecule has 0 saturated carbocycles. The summed E-state index contributed by atoms with van der Waals surface area (Å²) in [5, 5.41) is 5.46. The highest BCUT2D eigenvalue weighted by atomic mass is 32.1. The lowest BCUT2D eigenvalue weighted by Gasteiger charge is -2.15. The van der Waals surface area contributed by atoms with Gasteiger partial charge in [0, 0.05) is 24.3 Å². The minimum atomic E-state index is 0.335. The smallest absolute Gasteiger partial charge is 0.125 e. The molecule has 0 radical (unpaired) electrons. The summed E-state index contributed by atoms with van der Waals surface area (Å²) in [6.45, 7) is 0. The van der Waals surface area contributed by atoms with E-state index >= 15 is 0 Å². The molecule has 1 unspecified atom stereocenters. The summed E-state index contributed by atoms with van der Waals surface area (Å²) in [5.74, 6) is 1.11. The van der Waals surface area contributed by atoms with Crippen LogP contribution in [0.25, 0.3) is 0 Å². The van der Waals surface area contributed by atoms with Crippen molar-refractivity contribution in [2.24, 2.45) is 7.05 Å². The van der Waals surface area contributed by atoms with Gasteiger partial charge in [0.05, 0.1) is 6.04 Å². The zero-order valence-corrected chi connectivity index (χ0v) is 10.5. The monoisotopic (exact) mass is 235 g/mol. The van der Waals surface area contributed by atoms with Crippen LogP contribution in [0.3, 0.4) is 0 Å². The van der Waals surface area contributed by atoms with Crippen LogP contribution in [0, 0.1) is 0 Å². The number of thiophene rings is 1. The average molecular weight is 235 g/mol. The Balaban J connectivity index is 1.99. The lowest BCUT2D eigenvalue weighted by Crippen LogP contribution is -2.20. The maximum Gasteiger partial charge on any atom is 0.125 e. The van der Waals surface area contributed by atoms with Gasteiger partial charge in [-0.15, -0.1) is 11.3 Å². The first kappa shape index (κ1) is 11.4. The molecule has 0 saturated heterocycles. The van der Waals surface area contributed by atoms with E-state index in [2.05, 4.69) is 32.4 Å². The van der Waals surface area contributed by atoms with Crippen LogP contribution in [0.5, 0.6) is 0 Å². The van der Waals surface area contributed by atoms with Crippen LogP contribution < -0.4 is 5.32 Å². The summed E-state index contributed by atoms with van der Waals surface area (Å²) in [6.07, 6.45) is 6.04. The molecular weight excluding hydrogens is 218 g/mol. The van der Waals surface area contributed by atoms with E-state index in [1.807, 2.05) is 37.8 Å². The molecule has 0 spiro atoms.